The fourth-order valence-corrected chi connectivity index (χ4v) is 3.17. The van der Waals surface area contributed by atoms with Crippen LogP contribution in [-0.2, 0) is 6.42 Å². The van der Waals surface area contributed by atoms with E-state index in [9.17, 15) is 4.79 Å². The Morgan fingerprint density at radius 2 is 1.32 bits per heavy atom. The number of ketones is 1. The summed E-state index contributed by atoms with van der Waals surface area (Å²) in [6.07, 6.45) is 2.36. The Hall–Kier alpha value is -2.61. The summed E-state index contributed by atoms with van der Waals surface area (Å²) in [5.41, 5.74) is 4.28. The van der Waals surface area contributed by atoms with Crippen LogP contribution in [0.5, 0.6) is 0 Å². The van der Waals surface area contributed by atoms with Gasteiger partial charge in [0.2, 0.25) is 0 Å². The number of fused-ring (bicyclic) bond motifs is 1. The summed E-state index contributed by atoms with van der Waals surface area (Å²) >= 11 is 0. The lowest BCUT2D eigenvalue weighted by Crippen LogP contribution is -2.68. The van der Waals surface area contributed by atoms with E-state index < -0.39 is 10.2 Å². The normalized spacial score (nSPS) is 13.4. The molecular weight excluding hydrogens is 384 g/mol. The van der Waals surface area contributed by atoms with Crippen LogP contribution in [0.3, 0.4) is 0 Å². The highest BCUT2D eigenvalue weighted by Crippen LogP contribution is 2.36. The lowest BCUT2D eigenvalue weighted by Gasteiger charge is -2.17. The minimum absolute atomic E-state index is 0.112. The van der Waals surface area contributed by atoms with Crippen LogP contribution in [0.1, 0.15) is 29.0 Å². The van der Waals surface area contributed by atoms with Gasteiger partial charge in [0.1, 0.15) is 0 Å². The third-order valence-corrected chi connectivity index (χ3v) is 4.31. The lowest BCUT2D eigenvalue weighted by molar-refractivity contribution is -2.00. The number of carbonyl (C=O) groups is 1. The second kappa shape index (κ2) is 8.60. The van der Waals surface area contributed by atoms with Crippen LogP contribution in [0.4, 0.5) is 0 Å². The highest BCUT2D eigenvalue weighted by Gasteiger charge is 2.33. The topological polar surface area (TPSA) is 121 Å². The van der Waals surface area contributed by atoms with Crippen LogP contribution < -0.4 is 18.6 Å². The van der Waals surface area contributed by atoms with Gasteiger partial charge < -0.3 is 0 Å². The van der Waals surface area contributed by atoms with E-state index in [2.05, 4.69) is 18.2 Å². The van der Waals surface area contributed by atoms with Gasteiger partial charge in [0.25, 0.3) is 5.78 Å². The smallest absolute Gasteiger partial charge is 0.284 e. The largest absolute Gasteiger partial charge is 0.399 e. The van der Waals surface area contributed by atoms with Gasteiger partial charge in [-0.05, 0) is 30.5 Å². The fourth-order valence-electron chi connectivity index (χ4n) is 3.17. The number of Topliss-reactive ketones (excluding diaryl/α,β-unsaturated/α-hetero) is 1. The Labute approximate surface area is 164 Å². The highest BCUT2D eigenvalue weighted by atomic mass is 35.7. The van der Waals surface area contributed by atoms with Crippen LogP contribution in [0.25, 0.3) is 22.5 Å². The zero-order valence-corrected chi connectivity index (χ0v) is 15.6. The van der Waals surface area contributed by atoms with Crippen LogP contribution >= 0.6 is 0 Å². The van der Waals surface area contributed by atoms with Crippen LogP contribution in [0.15, 0.2) is 71.1 Å². The second-order valence-electron chi connectivity index (χ2n) is 6.22. The predicted molar refractivity (Wildman–Crippen MR) is 91.3 cm³/mol. The summed E-state index contributed by atoms with van der Waals surface area (Å²) in [7, 11) is -4.94. The maximum Gasteiger partial charge on any atom is 0.399 e. The minimum Gasteiger partial charge on any atom is -0.284 e. The molecule has 1 aliphatic carbocycles. The molecule has 0 unspecified atom stereocenters. The van der Waals surface area contributed by atoms with Crippen molar-refractivity contribution in [2.45, 2.75) is 19.3 Å². The van der Waals surface area contributed by atoms with Gasteiger partial charge in [-0.15, -0.1) is 10.2 Å². The number of hydrogen-bond donors (Lipinski definition) is 0. The first-order valence-corrected chi connectivity index (χ1v) is 9.82. The van der Waals surface area contributed by atoms with Gasteiger partial charge in [0.15, 0.2) is 0 Å². The van der Waals surface area contributed by atoms with Gasteiger partial charge in [-0.3, -0.25) is 4.79 Å². The van der Waals surface area contributed by atoms with E-state index in [1.807, 2.05) is 48.5 Å². The van der Waals surface area contributed by atoms with E-state index in [1.54, 1.807) is 0 Å². The molecule has 7 heteroatoms. The number of halogens is 1. The Kier molecular flexibility index (Phi) is 6.18. The van der Waals surface area contributed by atoms with Gasteiger partial charge in [0.05, 0.1) is 17.2 Å². The molecule has 0 atom stereocenters. The van der Waals surface area contributed by atoms with Crippen LogP contribution in [-0.4, -0.2) is 5.78 Å². The maximum atomic E-state index is 12.4. The molecular formula is C21H17ClO6. The van der Waals surface area contributed by atoms with Gasteiger partial charge in [-0.25, -0.2) is 23.1 Å². The molecule has 0 saturated carbocycles. The molecule has 6 nitrogen and oxygen atoms in total. The molecule has 144 valence electrons. The molecule has 0 saturated heterocycles. The molecule has 3 aromatic rings. The number of benzene rings is 2. The Morgan fingerprint density at radius 1 is 0.786 bits per heavy atom. The number of hydrogen-bond acceptors (Lipinski definition) is 5. The first-order chi connectivity index (χ1) is 13.3. The van der Waals surface area contributed by atoms with Gasteiger partial charge >= 0.3 is 11.5 Å². The zero-order chi connectivity index (χ0) is 20.1. The Morgan fingerprint density at radius 3 is 1.89 bits per heavy atom. The summed E-state index contributed by atoms with van der Waals surface area (Å²) in [6, 6.07) is 22.3. The number of carbonyl (C=O) groups excluding carboxylic acids is 1. The zero-order valence-electron chi connectivity index (χ0n) is 14.8. The SMILES string of the molecule is O=C1CCCc2c(-c3ccccc3)cc(-c3ccccc3)[o+]c21.[O-][Cl+3]([O-])([O-])[O-]. The molecule has 0 bridgehead atoms. The molecule has 0 fully saturated rings. The Balaban J connectivity index is 0.000000403. The average Bonchev–Trinajstić information content (AvgIpc) is 2.68. The third-order valence-electron chi connectivity index (χ3n) is 4.31. The fraction of sp³-hybridized carbons (Fsp3) is 0.143. The van der Waals surface area contributed by atoms with Crippen molar-refractivity contribution in [1.29, 1.82) is 0 Å². The van der Waals surface area contributed by atoms with Crippen molar-refractivity contribution in [3.8, 4) is 22.5 Å². The highest BCUT2D eigenvalue weighted by molar-refractivity contribution is 5.98. The van der Waals surface area contributed by atoms with Crippen LogP contribution in [0.2, 0.25) is 0 Å². The molecule has 0 N–H and O–H groups in total. The molecule has 0 amide bonds. The first kappa shape index (κ1) is 20.1. The maximum absolute atomic E-state index is 12.4. The number of rotatable bonds is 2. The summed E-state index contributed by atoms with van der Waals surface area (Å²) in [4.78, 5) is 12.4. The van der Waals surface area contributed by atoms with Crippen LogP contribution in [0, 0.1) is 10.2 Å². The minimum atomic E-state index is -4.94. The summed E-state index contributed by atoms with van der Waals surface area (Å²) in [6.45, 7) is 0. The Bertz CT molecular complexity index is 946. The lowest BCUT2D eigenvalue weighted by atomic mass is 9.89. The van der Waals surface area contributed by atoms with E-state index in [0.29, 0.717) is 12.2 Å². The van der Waals surface area contributed by atoms with Crippen molar-refractivity contribution in [3.63, 3.8) is 0 Å². The molecule has 2 aromatic carbocycles. The molecule has 0 spiro atoms. The molecule has 1 heterocycles. The molecule has 4 rings (SSSR count). The quantitative estimate of drug-likeness (QED) is 0.582. The van der Waals surface area contributed by atoms with Crippen molar-refractivity contribution in [2.24, 2.45) is 0 Å². The van der Waals surface area contributed by atoms with Crippen molar-refractivity contribution < 1.29 is 38.1 Å². The van der Waals surface area contributed by atoms with E-state index >= 15 is 0 Å². The second-order valence-corrected chi connectivity index (χ2v) is 6.97. The molecule has 1 aliphatic rings. The van der Waals surface area contributed by atoms with Crippen molar-refractivity contribution >= 4 is 5.78 Å². The molecule has 0 aliphatic heterocycles. The van der Waals surface area contributed by atoms with Crippen molar-refractivity contribution in [1.82, 2.24) is 0 Å². The van der Waals surface area contributed by atoms with Crippen molar-refractivity contribution in [3.05, 3.63) is 78.1 Å². The van der Waals surface area contributed by atoms with E-state index in [4.69, 9.17) is 23.1 Å². The summed E-state index contributed by atoms with van der Waals surface area (Å²) in [5, 5.41) is 0. The third kappa shape index (κ3) is 5.22. The first-order valence-electron chi connectivity index (χ1n) is 8.59. The van der Waals surface area contributed by atoms with E-state index in [0.717, 1.165) is 40.9 Å². The summed E-state index contributed by atoms with van der Waals surface area (Å²) in [5.74, 6) is 1.40. The van der Waals surface area contributed by atoms with Gasteiger partial charge in [0, 0.05) is 12.0 Å². The monoisotopic (exact) mass is 400 g/mol. The summed E-state index contributed by atoms with van der Waals surface area (Å²) < 4.78 is 40.0. The standard InChI is InChI=1S/C21H17O2.ClHO4/c22-19-13-7-12-17-18(15-8-3-1-4-9-15)14-20(23-21(17)19)16-10-5-2-6-11-16;2-1(3,4)5/h1-6,8-11,14H,7,12-13H2;(H,2,3,4,5)/q+1;/p-1. The van der Waals surface area contributed by atoms with E-state index in [-0.39, 0.29) is 5.78 Å². The predicted octanol–water partition coefficient (Wildman–Crippen LogP) is 0.658. The van der Waals surface area contributed by atoms with Gasteiger partial charge in [-0.1, -0.05) is 48.5 Å². The van der Waals surface area contributed by atoms with Crippen molar-refractivity contribution in [2.75, 3.05) is 0 Å². The van der Waals surface area contributed by atoms with Gasteiger partial charge in [-0.2, -0.15) is 0 Å². The molecule has 28 heavy (non-hydrogen) atoms. The molecule has 1 aromatic heterocycles. The average molecular weight is 401 g/mol. The molecule has 0 radical (unpaired) electrons. The van der Waals surface area contributed by atoms with E-state index in [1.165, 1.54) is 0 Å².